The molecule has 0 aliphatic heterocycles. The normalized spacial score (nSPS) is 25.9. The maximum absolute atomic E-state index is 5.04. The third-order valence-corrected chi connectivity index (χ3v) is 4.44. The average molecular weight is 257 g/mol. The van der Waals surface area contributed by atoms with Crippen LogP contribution in [0.25, 0.3) is 0 Å². The molecule has 2 N–H and O–H groups in total. The van der Waals surface area contributed by atoms with Crippen LogP contribution in [0.15, 0.2) is 0 Å². The minimum absolute atomic E-state index is 0.572. The van der Waals surface area contributed by atoms with Gasteiger partial charge in [-0.2, -0.15) is 0 Å². The summed E-state index contributed by atoms with van der Waals surface area (Å²) in [6, 6.07) is 0.572. The Labute approximate surface area is 106 Å². The minimum Gasteiger partial charge on any atom is -0.357 e. The van der Waals surface area contributed by atoms with E-state index in [2.05, 4.69) is 29.4 Å². The summed E-state index contributed by atoms with van der Waals surface area (Å²) >= 11 is 6.57. The van der Waals surface area contributed by atoms with Crippen molar-refractivity contribution >= 4 is 28.7 Å². The quantitative estimate of drug-likeness (QED) is 0.809. The third-order valence-electron chi connectivity index (χ3n) is 3.42. The second kappa shape index (κ2) is 5.27. The van der Waals surface area contributed by atoms with Crippen LogP contribution in [-0.2, 0) is 0 Å². The molecular weight excluding hydrogens is 238 g/mol. The molecule has 1 aromatic rings. The highest BCUT2D eigenvalue weighted by Crippen LogP contribution is 2.32. The first kappa shape index (κ1) is 12.0. The van der Waals surface area contributed by atoms with E-state index in [9.17, 15) is 0 Å². The molecule has 0 saturated heterocycles. The summed E-state index contributed by atoms with van der Waals surface area (Å²) in [5, 5.41) is 11.5. The van der Waals surface area contributed by atoms with E-state index < -0.39 is 0 Å². The zero-order chi connectivity index (χ0) is 11.5. The summed E-state index contributed by atoms with van der Waals surface area (Å²) in [5.74, 6) is 1.51. The monoisotopic (exact) mass is 257 g/mol. The molecule has 1 aliphatic carbocycles. The van der Waals surface area contributed by atoms with E-state index >= 15 is 0 Å². The Morgan fingerprint density at radius 2 is 2.19 bits per heavy atom. The lowest BCUT2D eigenvalue weighted by molar-refractivity contribution is 0.253. The highest BCUT2D eigenvalue weighted by Gasteiger charge is 2.27. The molecule has 0 aromatic carbocycles. The predicted octanol–water partition coefficient (Wildman–Crippen LogP) is 3.83. The fourth-order valence-electron chi connectivity index (χ4n) is 2.59. The number of H-pyrrole nitrogens is 1. The van der Waals surface area contributed by atoms with E-state index in [1.165, 1.54) is 37.0 Å². The van der Waals surface area contributed by atoms with Gasteiger partial charge < -0.3 is 5.32 Å². The largest absolute Gasteiger partial charge is 0.357 e. The first-order valence-electron chi connectivity index (χ1n) is 5.99. The Morgan fingerprint density at radius 3 is 2.81 bits per heavy atom. The number of nitrogens with one attached hydrogen (secondary N) is 2. The summed E-state index contributed by atoms with van der Waals surface area (Å²) in [7, 11) is 0. The lowest BCUT2D eigenvalue weighted by Gasteiger charge is -2.34. The van der Waals surface area contributed by atoms with Crippen LogP contribution in [0.2, 0.25) is 0 Å². The number of anilines is 1. The molecule has 2 atom stereocenters. The van der Waals surface area contributed by atoms with Gasteiger partial charge in [0, 0.05) is 6.04 Å². The molecule has 0 amide bonds. The second-order valence-corrected chi connectivity index (χ2v) is 6.53. The van der Waals surface area contributed by atoms with E-state index in [1.54, 1.807) is 0 Å². The summed E-state index contributed by atoms with van der Waals surface area (Å²) in [4.78, 5) is 0. The van der Waals surface area contributed by atoms with Gasteiger partial charge in [-0.3, -0.25) is 5.10 Å². The Hall–Kier alpha value is -0.420. The van der Waals surface area contributed by atoms with E-state index in [4.69, 9.17) is 12.2 Å². The predicted molar refractivity (Wildman–Crippen MR) is 71.5 cm³/mol. The van der Waals surface area contributed by atoms with Crippen molar-refractivity contribution in [3.63, 3.8) is 0 Å². The zero-order valence-electron chi connectivity index (χ0n) is 9.82. The Kier molecular flexibility index (Phi) is 3.97. The van der Waals surface area contributed by atoms with Gasteiger partial charge in [0.2, 0.25) is 5.13 Å². The maximum atomic E-state index is 5.04. The van der Waals surface area contributed by atoms with Crippen molar-refractivity contribution in [2.45, 2.75) is 45.6 Å². The number of aromatic amines is 1. The molecule has 0 spiro atoms. The van der Waals surface area contributed by atoms with Crippen LogP contribution in [0.3, 0.4) is 0 Å². The van der Waals surface area contributed by atoms with Crippen LogP contribution >= 0.6 is 23.6 Å². The molecule has 1 heterocycles. The molecule has 1 aromatic heterocycles. The highest BCUT2D eigenvalue weighted by molar-refractivity contribution is 7.73. The van der Waals surface area contributed by atoms with Gasteiger partial charge in [0.1, 0.15) is 0 Å². The first-order chi connectivity index (χ1) is 7.66. The Morgan fingerprint density at radius 1 is 1.44 bits per heavy atom. The van der Waals surface area contributed by atoms with Crippen LogP contribution < -0.4 is 5.32 Å². The Balaban J connectivity index is 2.03. The van der Waals surface area contributed by atoms with Crippen LogP contribution in [0.5, 0.6) is 0 Å². The fraction of sp³-hybridized carbons (Fsp3) is 0.818. The number of hydrogen-bond donors (Lipinski definition) is 2. The summed E-state index contributed by atoms with van der Waals surface area (Å²) in [6.45, 7) is 4.63. The van der Waals surface area contributed by atoms with E-state index in [-0.39, 0.29) is 0 Å². The van der Waals surface area contributed by atoms with E-state index in [0.717, 1.165) is 20.9 Å². The standard InChI is InChI=1S/C11H19N3S2/c1-7(2)8-5-3-4-6-9(8)12-10-13-14-11(15)16-10/h7-9H,3-6H2,1-2H3,(H,12,13)(H,14,15). The molecule has 2 unspecified atom stereocenters. The third kappa shape index (κ3) is 2.83. The molecule has 0 radical (unpaired) electrons. The maximum Gasteiger partial charge on any atom is 0.204 e. The van der Waals surface area contributed by atoms with Crippen LogP contribution in [0, 0.1) is 15.8 Å². The van der Waals surface area contributed by atoms with Crippen LogP contribution in [0.4, 0.5) is 5.13 Å². The molecule has 1 aliphatic rings. The summed E-state index contributed by atoms with van der Waals surface area (Å²) < 4.78 is 0.749. The lowest BCUT2D eigenvalue weighted by atomic mass is 9.78. The van der Waals surface area contributed by atoms with Gasteiger partial charge >= 0.3 is 0 Å². The number of aromatic nitrogens is 2. The van der Waals surface area contributed by atoms with Crippen molar-refractivity contribution in [3.8, 4) is 0 Å². The molecule has 0 bridgehead atoms. The minimum atomic E-state index is 0.572. The van der Waals surface area contributed by atoms with Gasteiger partial charge in [-0.1, -0.05) is 38.0 Å². The van der Waals surface area contributed by atoms with Crippen molar-refractivity contribution in [2.75, 3.05) is 5.32 Å². The molecule has 5 heteroatoms. The number of nitrogens with zero attached hydrogens (tertiary/aromatic N) is 1. The van der Waals surface area contributed by atoms with Gasteiger partial charge in [0.15, 0.2) is 3.95 Å². The fourth-order valence-corrected chi connectivity index (χ4v) is 3.44. The molecule has 16 heavy (non-hydrogen) atoms. The van der Waals surface area contributed by atoms with Crippen molar-refractivity contribution in [3.05, 3.63) is 3.95 Å². The summed E-state index contributed by atoms with van der Waals surface area (Å²) in [6.07, 6.45) is 5.30. The van der Waals surface area contributed by atoms with Crippen LogP contribution in [-0.4, -0.2) is 16.2 Å². The summed E-state index contributed by atoms with van der Waals surface area (Å²) in [5.41, 5.74) is 0. The molecule has 90 valence electrons. The van der Waals surface area contributed by atoms with Gasteiger partial charge in [-0.15, -0.1) is 5.10 Å². The first-order valence-corrected chi connectivity index (χ1v) is 7.21. The van der Waals surface area contributed by atoms with Gasteiger partial charge in [0.05, 0.1) is 0 Å². The van der Waals surface area contributed by atoms with Gasteiger partial charge in [0.25, 0.3) is 0 Å². The average Bonchev–Trinajstić information content (AvgIpc) is 2.64. The molecule has 1 fully saturated rings. The van der Waals surface area contributed by atoms with Crippen molar-refractivity contribution in [1.82, 2.24) is 10.2 Å². The Bertz CT molecular complexity index is 383. The van der Waals surface area contributed by atoms with Gasteiger partial charge in [-0.25, -0.2) is 0 Å². The zero-order valence-corrected chi connectivity index (χ0v) is 11.5. The smallest absolute Gasteiger partial charge is 0.204 e. The van der Waals surface area contributed by atoms with Crippen molar-refractivity contribution in [2.24, 2.45) is 11.8 Å². The molecular formula is C11H19N3S2. The molecule has 2 rings (SSSR count). The SMILES string of the molecule is CC(C)C1CCCCC1Nc1n[nH]c(=S)s1. The highest BCUT2D eigenvalue weighted by atomic mass is 32.1. The van der Waals surface area contributed by atoms with E-state index in [1.807, 2.05) is 0 Å². The lowest BCUT2D eigenvalue weighted by Crippen LogP contribution is -2.35. The number of rotatable bonds is 3. The topological polar surface area (TPSA) is 40.7 Å². The molecule has 1 saturated carbocycles. The number of hydrogen-bond acceptors (Lipinski definition) is 4. The van der Waals surface area contributed by atoms with Crippen molar-refractivity contribution < 1.29 is 0 Å². The second-order valence-electron chi connectivity index (χ2n) is 4.86. The molecule has 3 nitrogen and oxygen atoms in total. The van der Waals surface area contributed by atoms with Crippen molar-refractivity contribution in [1.29, 1.82) is 0 Å². The van der Waals surface area contributed by atoms with Crippen LogP contribution in [0.1, 0.15) is 39.5 Å². The van der Waals surface area contributed by atoms with E-state index in [0.29, 0.717) is 6.04 Å². The van der Waals surface area contributed by atoms with Gasteiger partial charge in [-0.05, 0) is 36.9 Å².